The lowest BCUT2D eigenvalue weighted by Gasteiger charge is -2.13. The number of methoxy groups -OCH3 is 1. The molecule has 0 radical (unpaired) electrons. The fourth-order valence-electron chi connectivity index (χ4n) is 1.95. The summed E-state index contributed by atoms with van der Waals surface area (Å²) in [6.45, 7) is 0. The van der Waals surface area contributed by atoms with E-state index in [1.807, 2.05) is 48.5 Å². The third kappa shape index (κ3) is 2.54. The minimum atomic E-state index is -0.406. The molecule has 0 spiro atoms. The van der Waals surface area contributed by atoms with Gasteiger partial charge in [-0.3, -0.25) is 0 Å². The van der Waals surface area contributed by atoms with Crippen LogP contribution in [0.15, 0.2) is 61.1 Å². The zero-order valence-corrected chi connectivity index (χ0v) is 11.0. The summed E-state index contributed by atoms with van der Waals surface area (Å²) in [5.41, 5.74) is 0.891. The molecule has 0 unspecified atom stereocenters. The van der Waals surface area contributed by atoms with Crippen LogP contribution in [-0.4, -0.2) is 7.11 Å². The van der Waals surface area contributed by atoms with Gasteiger partial charge in [0.25, 0.3) is 6.29 Å². The van der Waals surface area contributed by atoms with Crippen molar-refractivity contribution in [1.29, 1.82) is 0 Å². The molecule has 1 heterocycles. The number of ether oxygens (including phenoxy) is 4. The third-order valence-electron chi connectivity index (χ3n) is 2.89. The Morgan fingerprint density at radius 3 is 2.40 bits per heavy atom. The van der Waals surface area contributed by atoms with Crippen LogP contribution in [0, 0.1) is 0 Å². The summed E-state index contributed by atoms with van der Waals surface area (Å²) in [5.74, 6) is 2.05. The summed E-state index contributed by atoms with van der Waals surface area (Å²) in [5, 5.41) is 0. The van der Waals surface area contributed by atoms with E-state index < -0.39 is 6.29 Å². The lowest BCUT2D eigenvalue weighted by atomic mass is 10.2. The molecule has 0 saturated heterocycles. The summed E-state index contributed by atoms with van der Waals surface area (Å²) < 4.78 is 21.7. The van der Waals surface area contributed by atoms with Crippen molar-refractivity contribution in [3.05, 3.63) is 66.6 Å². The molecule has 0 N–H and O–H groups in total. The van der Waals surface area contributed by atoms with Gasteiger partial charge in [0, 0.05) is 5.56 Å². The van der Waals surface area contributed by atoms with Crippen LogP contribution >= 0.6 is 0 Å². The molecule has 0 fully saturated rings. The first-order chi connectivity index (χ1) is 9.86. The van der Waals surface area contributed by atoms with Crippen LogP contribution in [-0.2, 0) is 9.47 Å². The molecule has 4 nitrogen and oxygen atoms in total. The number of benzene rings is 2. The van der Waals surface area contributed by atoms with Gasteiger partial charge in [-0.2, -0.15) is 0 Å². The molecular weight excluding hydrogens is 256 g/mol. The second-order valence-electron chi connectivity index (χ2n) is 4.20. The first-order valence-electron chi connectivity index (χ1n) is 6.23. The van der Waals surface area contributed by atoms with Gasteiger partial charge in [0.05, 0.1) is 7.11 Å². The number of hydrogen-bond acceptors (Lipinski definition) is 4. The summed E-state index contributed by atoms with van der Waals surface area (Å²) in [6.07, 6.45) is 2.65. The quantitative estimate of drug-likeness (QED) is 0.841. The van der Waals surface area contributed by atoms with Crippen molar-refractivity contribution >= 4 is 0 Å². The van der Waals surface area contributed by atoms with E-state index in [9.17, 15) is 0 Å². The topological polar surface area (TPSA) is 36.9 Å². The van der Waals surface area contributed by atoms with Crippen molar-refractivity contribution in [3.63, 3.8) is 0 Å². The van der Waals surface area contributed by atoms with E-state index in [1.54, 1.807) is 7.11 Å². The van der Waals surface area contributed by atoms with Crippen molar-refractivity contribution in [2.75, 3.05) is 7.11 Å². The number of para-hydroxylation sites is 2. The van der Waals surface area contributed by atoms with Gasteiger partial charge >= 0.3 is 0 Å². The molecular formula is C16H14O4. The normalized spacial score (nSPS) is 13.7. The van der Waals surface area contributed by atoms with Crippen molar-refractivity contribution in [2.45, 2.75) is 6.29 Å². The molecule has 0 aliphatic carbocycles. The van der Waals surface area contributed by atoms with Gasteiger partial charge in [0.15, 0.2) is 11.5 Å². The van der Waals surface area contributed by atoms with E-state index in [1.165, 1.54) is 12.5 Å². The van der Waals surface area contributed by atoms with Crippen molar-refractivity contribution in [2.24, 2.45) is 0 Å². The van der Waals surface area contributed by atoms with Crippen LogP contribution in [0.5, 0.6) is 17.2 Å². The summed E-state index contributed by atoms with van der Waals surface area (Å²) in [6, 6.07) is 15.1. The average molecular weight is 270 g/mol. The predicted octanol–water partition coefficient (Wildman–Crippen LogP) is 4.00. The lowest BCUT2D eigenvalue weighted by Crippen LogP contribution is -1.98. The zero-order valence-electron chi connectivity index (χ0n) is 11.0. The van der Waals surface area contributed by atoms with Crippen LogP contribution in [0.2, 0.25) is 0 Å². The molecule has 1 aliphatic heterocycles. The Kier molecular flexibility index (Phi) is 3.46. The van der Waals surface area contributed by atoms with Gasteiger partial charge in [-0.1, -0.05) is 24.3 Å². The Morgan fingerprint density at radius 1 is 0.900 bits per heavy atom. The maximum absolute atomic E-state index is 5.84. The van der Waals surface area contributed by atoms with Crippen LogP contribution < -0.4 is 9.47 Å². The SMILES string of the molecule is COc1ccccc1Oc1cccc(C2OC=CO2)c1. The Bertz CT molecular complexity index is 613. The van der Waals surface area contributed by atoms with E-state index in [-0.39, 0.29) is 0 Å². The predicted molar refractivity (Wildman–Crippen MR) is 73.6 cm³/mol. The Hall–Kier alpha value is -2.62. The Balaban J connectivity index is 1.82. The standard InChI is InChI=1S/C16H14O4/c1-17-14-7-2-3-8-15(14)20-13-6-4-5-12(11-13)16-18-9-10-19-16/h2-11,16H,1H3. The van der Waals surface area contributed by atoms with Gasteiger partial charge in [0.1, 0.15) is 18.3 Å². The van der Waals surface area contributed by atoms with E-state index in [4.69, 9.17) is 18.9 Å². The van der Waals surface area contributed by atoms with E-state index in [0.717, 1.165) is 5.56 Å². The van der Waals surface area contributed by atoms with E-state index in [2.05, 4.69) is 0 Å². The zero-order chi connectivity index (χ0) is 13.8. The molecule has 102 valence electrons. The molecule has 0 bridgehead atoms. The highest BCUT2D eigenvalue weighted by Crippen LogP contribution is 2.33. The summed E-state index contributed by atoms with van der Waals surface area (Å²) >= 11 is 0. The maximum Gasteiger partial charge on any atom is 0.266 e. The van der Waals surface area contributed by atoms with Gasteiger partial charge < -0.3 is 18.9 Å². The van der Waals surface area contributed by atoms with Crippen molar-refractivity contribution in [3.8, 4) is 17.2 Å². The van der Waals surface area contributed by atoms with Crippen LogP contribution in [0.4, 0.5) is 0 Å². The molecule has 1 aliphatic rings. The van der Waals surface area contributed by atoms with Gasteiger partial charge in [-0.15, -0.1) is 0 Å². The van der Waals surface area contributed by atoms with E-state index in [0.29, 0.717) is 17.2 Å². The van der Waals surface area contributed by atoms with Crippen LogP contribution in [0.25, 0.3) is 0 Å². The molecule has 0 atom stereocenters. The van der Waals surface area contributed by atoms with Crippen LogP contribution in [0.3, 0.4) is 0 Å². The first-order valence-corrected chi connectivity index (χ1v) is 6.23. The fourth-order valence-corrected chi connectivity index (χ4v) is 1.95. The average Bonchev–Trinajstić information content (AvgIpc) is 3.02. The molecule has 2 aromatic carbocycles. The molecule has 4 heteroatoms. The van der Waals surface area contributed by atoms with E-state index >= 15 is 0 Å². The van der Waals surface area contributed by atoms with Gasteiger partial charge in [-0.05, 0) is 24.3 Å². The molecule has 20 heavy (non-hydrogen) atoms. The maximum atomic E-state index is 5.84. The highest BCUT2D eigenvalue weighted by molar-refractivity contribution is 5.43. The minimum Gasteiger partial charge on any atom is -0.493 e. The third-order valence-corrected chi connectivity index (χ3v) is 2.89. The molecule has 0 aromatic heterocycles. The Morgan fingerprint density at radius 2 is 1.65 bits per heavy atom. The van der Waals surface area contributed by atoms with Crippen molar-refractivity contribution in [1.82, 2.24) is 0 Å². The van der Waals surface area contributed by atoms with Crippen LogP contribution in [0.1, 0.15) is 11.9 Å². The van der Waals surface area contributed by atoms with Crippen molar-refractivity contribution < 1.29 is 18.9 Å². The highest BCUT2D eigenvalue weighted by atomic mass is 16.7. The molecule has 0 amide bonds. The molecule has 2 aromatic rings. The fraction of sp³-hybridized carbons (Fsp3) is 0.125. The number of hydrogen-bond donors (Lipinski definition) is 0. The Labute approximate surface area is 117 Å². The second-order valence-corrected chi connectivity index (χ2v) is 4.20. The monoisotopic (exact) mass is 270 g/mol. The second kappa shape index (κ2) is 5.57. The lowest BCUT2D eigenvalue weighted by molar-refractivity contribution is -0.0247. The largest absolute Gasteiger partial charge is 0.493 e. The number of rotatable bonds is 4. The molecule has 0 saturated carbocycles. The first kappa shape index (κ1) is 12.4. The minimum absolute atomic E-state index is 0.406. The van der Waals surface area contributed by atoms with Gasteiger partial charge in [-0.25, -0.2) is 0 Å². The highest BCUT2D eigenvalue weighted by Gasteiger charge is 2.16. The van der Waals surface area contributed by atoms with Gasteiger partial charge in [0.2, 0.25) is 0 Å². The molecule has 3 rings (SSSR count). The smallest absolute Gasteiger partial charge is 0.266 e. The summed E-state index contributed by atoms with van der Waals surface area (Å²) in [7, 11) is 1.62. The summed E-state index contributed by atoms with van der Waals surface area (Å²) in [4.78, 5) is 0.